The Morgan fingerprint density at radius 2 is 2.09 bits per heavy atom. The van der Waals surface area contributed by atoms with Crippen molar-refractivity contribution in [3.63, 3.8) is 0 Å². The number of hydrogen-bond acceptors (Lipinski definition) is 2. The molecule has 1 saturated carbocycles. The van der Waals surface area contributed by atoms with Gasteiger partial charge in [0.15, 0.2) is 0 Å². The monoisotopic (exact) mass is 314 g/mol. The lowest BCUT2D eigenvalue weighted by Crippen LogP contribution is -2.19. The summed E-state index contributed by atoms with van der Waals surface area (Å²) in [6.07, 6.45) is 6.49. The van der Waals surface area contributed by atoms with E-state index in [2.05, 4.69) is 63.2 Å². The molecule has 1 aliphatic carbocycles. The lowest BCUT2D eigenvalue weighted by molar-refractivity contribution is -0.117. The summed E-state index contributed by atoms with van der Waals surface area (Å²) in [5, 5.41) is 3.03. The fraction of sp³-hybridized carbons (Fsp3) is 0.550. The number of benzene rings is 1. The third kappa shape index (κ3) is 4.85. The molecule has 0 unspecified atom stereocenters. The topological polar surface area (TPSA) is 32.3 Å². The van der Waals surface area contributed by atoms with E-state index < -0.39 is 0 Å². The van der Waals surface area contributed by atoms with Crippen molar-refractivity contribution in [2.75, 3.05) is 17.3 Å². The van der Waals surface area contributed by atoms with Crippen molar-refractivity contribution in [1.29, 1.82) is 0 Å². The van der Waals surface area contributed by atoms with Gasteiger partial charge in [0.1, 0.15) is 0 Å². The largest absolute Gasteiger partial charge is 0.348 e. The highest BCUT2D eigenvalue weighted by Gasteiger charge is 2.29. The summed E-state index contributed by atoms with van der Waals surface area (Å²) in [4.78, 5) is 14.2. The van der Waals surface area contributed by atoms with Crippen LogP contribution in [0.4, 0.5) is 11.4 Å². The predicted molar refractivity (Wildman–Crippen MR) is 98.8 cm³/mol. The van der Waals surface area contributed by atoms with Gasteiger partial charge in [-0.1, -0.05) is 26.8 Å². The number of aryl methyl sites for hydroxylation is 1. The van der Waals surface area contributed by atoms with Crippen LogP contribution in [0, 0.1) is 18.8 Å². The molecule has 1 fully saturated rings. The molecule has 1 aromatic carbocycles. The lowest BCUT2D eigenvalue weighted by Gasteiger charge is -2.26. The highest BCUT2D eigenvalue weighted by Crippen LogP contribution is 2.32. The average molecular weight is 314 g/mol. The van der Waals surface area contributed by atoms with Crippen molar-refractivity contribution in [2.45, 2.75) is 53.4 Å². The molecule has 23 heavy (non-hydrogen) atoms. The Kier molecular flexibility index (Phi) is 5.86. The first-order chi connectivity index (χ1) is 10.9. The fourth-order valence-corrected chi connectivity index (χ4v) is 2.87. The second-order valence-corrected chi connectivity index (χ2v) is 7.03. The second-order valence-electron chi connectivity index (χ2n) is 7.03. The molecule has 0 aliphatic heterocycles. The summed E-state index contributed by atoms with van der Waals surface area (Å²) >= 11 is 0. The maximum Gasteiger partial charge on any atom is 0.227 e. The van der Waals surface area contributed by atoms with Crippen LogP contribution in [0.3, 0.4) is 0 Å². The highest BCUT2D eigenvalue weighted by atomic mass is 16.2. The van der Waals surface area contributed by atoms with Crippen LogP contribution >= 0.6 is 0 Å². The van der Waals surface area contributed by atoms with Crippen molar-refractivity contribution >= 4 is 17.3 Å². The number of carbonyl (C=O) groups is 1. The molecule has 0 bridgehead atoms. The molecule has 126 valence electrons. The Labute approximate surface area is 140 Å². The van der Waals surface area contributed by atoms with Gasteiger partial charge < -0.3 is 10.2 Å². The average Bonchev–Trinajstić information content (AvgIpc) is 3.30. The first-order valence-corrected chi connectivity index (χ1v) is 8.76. The molecule has 0 aromatic heterocycles. The minimum absolute atomic E-state index is 0.164. The molecule has 0 saturated heterocycles. The van der Waals surface area contributed by atoms with Crippen LogP contribution < -0.4 is 10.2 Å². The van der Waals surface area contributed by atoms with Crippen LogP contribution in [0.1, 0.15) is 52.0 Å². The first-order valence-electron chi connectivity index (χ1n) is 8.76. The Morgan fingerprint density at radius 1 is 1.39 bits per heavy atom. The summed E-state index contributed by atoms with van der Waals surface area (Å²) in [6.45, 7) is 8.79. The number of hydrogen-bond donors (Lipinski definition) is 1. The third-order valence-corrected chi connectivity index (χ3v) is 4.26. The number of rotatable bonds is 7. The zero-order chi connectivity index (χ0) is 17.0. The van der Waals surface area contributed by atoms with Crippen molar-refractivity contribution in [3.8, 4) is 0 Å². The SMILES string of the molecule is CC/C=C(\CC(C)C)N(C)c1ccc(NC(=O)C2CC2)cc1C. The molecule has 3 heteroatoms. The van der Waals surface area contributed by atoms with Crippen molar-refractivity contribution in [2.24, 2.45) is 11.8 Å². The Balaban J connectivity index is 2.14. The van der Waals surface area contributed by atoms with E-state index >= 15 is 0 Å². The molecular weight excluding hydrogens is 284 g/mol. The van der Waals surface area contributed by atoms with Gasteiger partial charge >= 0.3 is 0 Å². The van der Waals surface area contributed by atoms with Gasteiger partial charge in [0.05, 0.1) is 0 Å². The quantitative estimate of drug-likeness (QED) is 0.757. The smallest absolute Gasteiger partial charge is 0.227 e. The maximum absolute atomic E-state index is 11.9. The van der Waals surface area contributed by atoms with Gasteiger partial charge in [0.25, 0.3) is 0 Å². The summed E-state index contributed by atoms with van der Waals surface area (Å²) in [6, 6.07) is 6.20. The molecular formula is C20H30N2O. The molecule has 1 aromatic rings. The number of anilines is 2. The van der Waals surface area contributed by atoms with E-state index in [1.165, 1.54) is 16.9 Å². The van der Waals surface area contributed by atoms with Gasteiger partial charge in [-0.15, -0.1) is 0 Å². The normalized spacial score (nSPS) is 15.0. The number of carbonyl (C=O) groups excluding carboxylic acids is 1. The van der Waals surface area contributed by atoms with Crippen LogP contribution in [0.15, 0.2) is 30.0 Å². The predicted octanol–water partition coefficient (Wildman–Crippen LogP) is 5.12. The molecule has 1 aliphatic rings. The molecule has 0 atom stereocenters. The standard InChI is InChI=1S/C20H30N2O/c1-6-7-18(12-14(2)3)22(5)19-11-10-17(13-15(19)4)21-20(23)16-8-9-16/h7,10-11,13-14,16H,6,8-9,12H2,1-5H3,(H,21,23)/b18-7+. The third-order valence-electron chi connectivity index (χ3n) is 4.26. The van der Waals surface area contributed by atoms with Crippen LogP contribution in [-0.2, 0) is 4.79 Å². The van der Waals surface area contributed by atoms with Gasteiger partial charge in [-0.2, -0.15) is 0 Å². The van der Waals surface area contributed by atoms with Gasteiger partial charge in [0, 0.05) is 30.0 Å². The van der Waals surface area contributed by atoms with E-state index in [1.54, 1.807) is 0 Å². The fourth-order valence-electron chi connectivity index (χ4n) is 2.87. The van der Waals surface area contributed by atoms with Gasteiger partial charge in [0.2, 0.25) is 5.91 Å². The van der Waals surface area contributed by atoms with Gasteiger partial charge in [-0.25, -0.2) is 0 Å². The maximum atomic E-state index is 11.9. The number of nitrogens with one attached hydrogen (secondary N) is 1. The summed E-state index contributed by atoms with van der Waals surface area (Å²) in [5.74, 6) is 1.03. The minimum atomic E-state index is 0.164. The van der Waals surface area contributed by atoms with Crippen molar-refractivity contribution < 1.29 is 4.79 Å². The Morgan fingerprint density at radius 3 is 2.61 bits per heavy atom. The molecule has 1 N–H and O–H groups in total. The summed E-state index contributed by atoms with van der Waals surface area (Å²) < 4.78 is 0. The molecule has 0 radical (unpaired) electrons. The van der Waals surface area contributed by atoms with E-state index in [0.29, 0.717) is 5.92 Å². The second kappa shape index (κ2) is 7.67. The molecule has 2 rings (SSSR count). The van der Waals surface area contributed by atoms with E-state index in [4.69, 9.17) is 0 Å². The Hall–Kier alpha value is -1.77. The molecule has 0 heterocycles. The van der Waals surface area contributed by atoms with Crippen LogP contribution in [-0.4, -0.2) is 13.0 Å². The van der Waals surface area contributed by atoms with Crippen molar-refractivity contribution in [1.82, 2.24) is 0 Å². The van der Waals surface area contributed by atoms with E-state index in [1.807, 2.05) is 6.07 Å². The first kappa shape index (κ1) is 17.6. The molecule has 1 amide bonds. The molecule has 3 nitrogen and oxygen atoms in total. The van der Waals surface area contributed by atoms with Gasteiger partial charge in [-0.05, 0) is 62.3 Å². The number of allylic oxidation sites excluding steroid dienone is 2. The number of amides is 1. The zero-order valence-corrected chi connectivity index (χ0v) is 15.1. The minimum Gasteiger partial charge on any atom is -0.348 e. The van der Waals surface area contributed by atoms with Crippen molar-refractivity contribution in [3.05, 3.63) is 35.5 Å². The van der Waals surface area contributed by atoms with E-state index in [0.717, 1.165) is 31.4 Å². The summed E-state index contributed by atoms with van der Waals surface area (Å²) in [7, 11) is 2.13. The van der Waals surface area contributed by atoms with E-state index in [9.17, 15) is 4.79 Å². The molecule has 0 spiro atoms. The summed E-state index contributed by atoms with van der Waals surface area (Å²) in [5.41, 5.74) is 4.66. The lowest BCUT2D eigenvalue weighted by atomic mass is 10.0. The van der Waals surface area contributed by atoms with E-state index in [-0.39, 0.29) is 11.8 Å². The zero-order valence-electron chi connectivity index (χ0n) is 15.1. The van der Waals surface area contributed by atoms with Crippen LogP contribution in [0.2, 0.25) is 0 Å². The van der Waals surface area contributed by atoms with Crippen LogP contribution in [0.25, 0.3) is 0 Å². The van der Waals surface area contributed by atoms with Gasteiger partial charge in [-0.3, -0.25) is 4.79 Å². The highest BCUT2D eigenvalue weighted by molar-refractivity contribution is 5.94. The van der Waals surface area contributed by atoms with Crippen LogP contribution in [0.5, 0.6) is 0 Å². The number of nitrogens with zero attached hydrogens (tertiary/aromatic N) is 1. The Bertz CT molecular complexity index is 585.